The highest BCUT2D eigenvalue weighted by Gasteiger charge is 2.39. The summed E-state index contributed by atoms with van der Waals surface area (Å²) in [6.07, 6.45) is 2.87. The van der Waals surface area contributed by atoms with Gasteiger partial charge in [-0.2, -0.15) is 8.78 Å². The van der Waals surface area contributed by atoms with Crippen molar-refractivity contribution in [3.63, 3.8) is 0 Å². The van der Waals surface area contributed by atoms with Crippen LogP contribution in [0.15, 0.2) is 65.0 Å². The Morgan fingerprint density at radius 1 is 1.03 bits per heavy atom. The number of benzene rings is 2. The average molecular weight is 424 g/mol. The number of Topliss-reactive ketones (excluding diaryl/α,β-unsaturated/α-hetero) is 1. The van der Waals surface area contributed by atoms with Crippen molar-refractivity contribution in [1.82, 2.24) is 0 Å². The summed E-state index contributed by atoms with van der Waals surface area (Å²) >= 11 is 0. The fourth-order valence-corrected chi connectivity index (χ4v) is 3.78. The van der Waals surface area contributed by atoms with Crippen molar-refractivity contribution in [2.24, 2.45) is 0 Å². The normalized spacial score (nSPS) is 18.5. The van der Waals surface area contributed by atoms with Crippen molar-refractivity contribution in [3.05, 3.63) is 83.0 Å². The van der Waals surface area contributed by atoms with Crippen LogP contribution in [-0.4, -0.2) is 18.4 Å². The summed E-state index contributed by atoms with van der Waals surface area (Å²) in [5.41, 5.74) is 1.08. The molecule has 2 aromatic carbocycles. The molecule has 6 nitrogen and oxygen atoms in total. The molecule has 5 rings (SSSR count). The molecule has 0 amide bonds. The molecule has 1 atom stereocenters. The standard InChI is InChI=1S/C23H14F2O6/c24-23(25)31-15-5-2-1-4-12(15)10-18-21(27)13-7-8-17-20(22(13)30-18)14(11-19(26)29-17)16-6-3-9-28-16/h1-10,14,23H,11H2/b18-10-/t14-/m1/s1. The molecule has 0 N–H and O–H groups in total. The molecule has 8 heteroatoms. The van der Waals surface area contributed by atoms with Crippen molar-refractivity contribution in [3.8, 4) is 17.2 Å². The minimum atomic E-state index is -3.01. The van der Waals surface area contributed by atoms with Gasteiger partial charge < -0.3 is 18.6 Å². The lowest BCUT2D eigenvalue weighted by Crippen LogP contribution is -2.21. The Morgan fingerprint density at radius 2 is 1.87 bits per heavy atom. The summed E-state index contributed by atoms with van der Waals surface area (Å²) in [4.78, 5) is 25.0. The van der Waals surface area contributed by atoms with Gasteiger partial charge in [-0.25, -0.2) is 0 Å². The predicted molar refractivity (Wildman–Crippen MR) is 103 cm³/mol. The first-order valence-electron chi connectivity index (χ1n) is 9.40. The lowest BCUT2D eigenvalue weighted by Gasteiger charge is -2.24. The van der Waals surface area contributed by atoms with Gasteiger partial charge in [0.2, 0.25) is 5.78 Å². The molecule has 0 radical (unpaired) electrons. The quantitative estimate of drug-likeness (QED) is 0.336. The zero-order valence-electron chi connectivity index (χ0n) is 15.8. The summed E-state index contributed by atoms with van der Waals surface area (Å²) in [7, 11) is 0. The van der Waals surface area contributed by atoms with E-state index in [2.05, 4.69) is 4.74 Å². The molecule has 0 saturated carbocycles. The van der Waals surface area contributed by atoms with Crippen LogP contribution in [0.1, 0.15) is 39.6 Å². The van der Waals surface area contributed by atoms with E-state index < -0.39 is 24.3 Å². The van der Waals surface area contributed by atoms with E-state index in [1.54, 1.807) is 30.3 Å². The number of fused-ring (bicyclic) bond motifs is 3. The predicted octanol–water partition coefficient (Wildman–Crippen LogP) is 4.94. The number of para-hydroxylation sites is 1. The highest BCUT2D eigenvalue weighted by Crippen LogP contribution is 2.49. The van der Waals surface area contributed by atoms with Crippen LogP contribution in [0.5, 0.6) is 17.2 Å². The topological polar surface area (TPSA) is 75.0 Å². The van der Waals surface area contributed by atoms with E-state index in [9.17, 15) is 18.4 Å². The SMILES string of the molecule is O=C1C[C@H](c2ccco2)c2c(ccc3c2O/C(=C\c2ccccc2OC(F)F)C3=O)O1. The summed E-state index contributed by atoms with van der Waals surface area (Å²) in [6.45, 7) is -3.01. The van der Waals surface area contributed by atoms with Crippen molar-refractivity contribution >= 4 is 17.8 Å². The smallest absolute Gasteiger partial charge is 0.387 e. The van der Waals surface area contributed by atoms with Gasteiger partial charge in [-0.05, 0) is 36.4 Å². The Hall–Kier alpha value is -3.94. The van der Waals surface area contributed by atoms with Crippen molar-refractivity contribution in [2.75, 3.05) is 0 Å². The molecule has 156 valence electrons. The first kappa shape index (κ1) is 19.0. The van der Waals surface area contributed by atoms with Gasteiger partial charge >= 0.3 is 12.6 Å². The number of furan rings is 1. The molecule has 0 aliphatic carbocycles. The highest BCUT2D eigenvalue weighted by atomic mass is 19.3. The minimum absolute atomic E-state index is 0.0264. The maximum Gasteiger partial charge on any atom is 0.387 e. The highest BCUT2D eigenvalue weighted by molar-refractivity contribution is 6.15. The fourth-order valence-electron chi connectivity index (χ4n) is 3.78. The monoisotopic (exact) mass is 424 g/mol. The van der Waals surface area contributed by atoms with Crippen LogP contribution in [-0.2, 0) is 4.79 Å². The van der Waals surface area contributed by atoms with Crippen LogP contribution in [0, 0.1) is 0 Å². The molecule has 0 unspecified atom stereocenters. The third-order valence-corrected chi connectivity index (χ3v) is 5.09. The van der Waals surface area contributed by atoms with Gasteiger partial charge in [-0.15, -0.1) is 0 Å². The van der Waals surface area contributed by atoms with Crippen molar-refractivity contribution in [1.29, 1.82) is 0 Å². The van der Waals surface area contributed by atoms with Crippen LogP contribution >= 0.6 is 0 Å². The third-order valence-electron chi connectivity index (χ3n) is 5.09. The zero-order chi connectivity index (χ0) is 21.5. The first-order chi connectivity index (χ1) is 15.0. The van der Waals surface area contributed by atoms with Gasteiger partial charge in [-0.3, -0.25) is 9.59 Å². The molecule has 0 fully saturated rings. The minimum Gasteiger partial charge on any atom is -0.469 e. The largest absolute Gasteiger partial charge is 0.469 e. The van der Waals surface area contributed by atoms with Gasteiger partial charge in [0.1, 0.15) is 23.0 Å². The molecule has 0 bridgehead atoms. The molecular formula is C23H14F2O6. The van der Waals surface area contributed by atoms with Crippen molar-refractivity contribution < 1.29 is 37.0 Å². The first-order valence-corrected chi connectivity index (χ1v) is 9.40. The number of ether oxygens (including phenoxy) is 3. The number of esters is 1. The Labute approximate surface area is 174 Å². The summed E-state index contributed by atoms with van der Waals surface area (Å²) < 4.78 is 46.7. The number of rotatable bonds is 4. The number of carbonyl (C=O) groups is 2. The summed E-state index contributed by atoms with van der Waals surface area (Å²) in [5, 5.41) is 0. The molecule has 0 saturated heterocycles. The number of hydrogen-bond acceptors (Lipinski definition) is 6. The lowest BCUT2D eigenvalue weighted by atomic mass is 9.88. The van der Waals surface area contributed by atoms with E-state index in [0.29, 0.717) is 11.3 Å². The van der Waals surface area contributed by atoms with Gasteiger partial charge in [0.05, 0.1) is 24.2 Å². The Morgan fingerprint density at radius 3 is 2.65 bits per heavy atom. The lowest BCUT2D eigenvalue weighted by molar-refractivity contribution is -0.135. The van der Waals surface area contributed by atoms with Crippen molar-refractivity contribution in [2.45, 2.75) is 19.0 Å². The molecular weight excluding hydrogens is 410 g/mol. The maximum atomic E-state index is 13.0. The summed E-state index contributed by atoms with van der Waals surface area (Å²) in [5.74, 6) is -0.377. The molecule has 2 aliphatic rings. The molecule has 3 aromatic rings. The van der Waals surface area contributed by atoms with E-state index in [0.717, 1.165) is 0 Å². The van der Waals surface area contributed by atoms with Crippen LogP contribution in [0.4, 0.5) is 8.78 Å². The second kappa shape index (κ2) is 7.39. The zero-order valence-corrected chi connectivity index (χ0v) is 15.8. The number of halogens is 2. The number of allylic oxidation sites excluding steroid dienone is 1. The van der Waals surface area contributed by atoms with Crippen LogP contribution in [0.25, 0.3) is 6.08 Å². The Balaban J connectivity index is 1.58. The number of alkyl halides is 2. The maximum absolute atomic E-state index is 13.0. The van der Waals surface area contributed by atoms with Crippen LogP contribution in [0.3, 0.4) is 0 Å². The number of carbonyl (C=O) groups excluding carboxylic acids is 2. The Kier molecular flexibility index (Phi) is 4.54. The van der Waals surface area contributed by atoms with Gasteiger partial charge in [0.15, 0.2) is 5.76 Å². The molecule has 1 aromatic heterocycles. The Bertz CT molecular complexity index is 1210. The van der Waals surface area contributed by atoms with E-state index in [4.69, 9.17) is 13.9 Å². The second-order valence-electron chi connectivity index (χ2n) is 6.96. The number of hydrogen-bond donors (Lipinski definition) is 0. The van der Waals surface area contributed by atoms with Gasteiger partial charge in [0.25, 0.3) is 0 Å². The summed E-state index contributed by atoms with van der Waals surface area (Å²) in [6, 6.07) is 12.6. The van der Waals surface area contributed by atoms with Crippen LogP contribution in [0.2, 0.25) is 0 Å². The van der Waals surface area contributed by atoms with E-state index in [1.165, 1.54) is 30.5 Å². The molecule has 2 aliphatic heterocycles. The molecule has 3 heterocycles. The molecule has 31 heavy (non-hydrogen) atoms. The van der Waals surface area contributed by atoms with Gasteiger partial charge in [-0.1, -0.05) is 18.2 Å². The van der Waals surface area contributed by atoms with Crippen LogP contribution < -0.4 is 14.2 Å². The van der Waals surface area contributed by atoms with E-state index in [-0.39, 0.29) is 40.6 Å². The van der Waals surface area contributed by atoms with E-state index >= 15 is 0 Å². The second-order valence-corrected chi connectivity index (χ2v) is 6.96. The van der Waals surface area contributed by atoms with E-state index in [1.807, 2.05) is 0 Å². The van der Waals surface area contributed by atoms with Gasteiger partial charge in [0, 0.05) is 11.1 Å². The average Bonchev–Trinajstić information content (AvgIpc) is 3.37. The molecule has 0 spiro atoms. The third kappa shape index (κ3) is 3.35. The number of ketones is 1. The fraction of sp³-hybridized carbons (Fsp3) is 0.130.